The molecule has 0 spiro atoms. The quantitative estimate of drug-likeness (QED) is 0.792. The minimum absolute atomic E-state index is 0. The zero-order valence-corrected chi connectivity index (χ0v) is 8.33. The summed E-state index contributed by atoms with van der Waals surface area (Å²) in [6.07, 6.45) is 5.70. The molecule has 13 heavy (non-hydrogen) atoms. The van der Waals surface area contributed by atoms with E-state index >= 15 is 0 Å². The maximum atomic E-state index is 6.04. The van der Waals surface area contributed by atoms with Crippen LogP contribution >= 0.6 is 12.4 Å². The number of halogens is 1. The summed E-state index contributed by atoms with van der Waals surface area (Å²) in [7, 11) is 0. The molecule has 0 bridgehead atoms. The van der Waals surface area contributed by atoms with Crippen LogP contribution in [0.4, 0.5) is 0 Å². The van der Waals surface area contributed by atoms with Gasteiger partial charge in [-0.2, -0.15) is 0 Å². The second-order valence-electron chi connectivity index (χ2n) is 3.47. The van der Waals surface area contributed by atoms with E-state index in [0.29, 0.717) is 5.92 Å². The van der Waals surface area contributed by atoms with Gasteiger partial charge in [0.15, 0.2) is 0 Å². The third-order valence-electron chi connectivity index (χ3n) is 2.69. The molecule has 1 fully saturated rings. The molecule has 0 aromatic carbocycles. The Morgan fingerprint density at radius 1 is 1.38 bits per heavy atom. The molecular formula is C10H15ClN2. The fourth-order valence-corrected chi connectivity index (χ4v) is 1.61. The molecule has 2 N–H and O–H groups in total. The van der Waals surface area contributed by atoms with Crippen LogP contribution < -0.4 is 5.73 Å². The van der Waals surface area contributed by atoms with Crippen LogP contribution in [-0.2, 0) is 0 Å². The molecule has 0 aliphatic heterocycles. The second kappa shape index (κ2) is 4.58. The van der Waals surface area contributed by atoms with Crippen molar-refractivity contribution in [3.05, 3.63) is 30.1 Å². The van der Waals surface area contributed by atoms with Gasteiger partial charge in [0, 0.05) is 12.2 Å². The Kier molecular flexibility index (Phi) is 3.70. The van der Waals surface area contributed by atoms with E-state index < -0.39 is 0 Å². The van der Waals surface area contributed by atoms with Crippen molar-refractivity contribution >= 4 is 12.4 Å². The van der Waals surface area contributed by atoms with Gasteiger partial charge < -0.3 is 5.73 Å². The molecule has 0 saturated heterocycles. The van der Waals surface area contributed by atoms with Crippen LogP contribution in [0.3, 0.4) is 0 Å². The van der Waals surface area contributed by atoms with E-state index in [1.807, 2.05) is 24.4 Å². The van der Waals surface area contributed by atoms with Gasteiger partial charge in [-0.25, -0.2) is 0 Å². The first-order valence-corrected chi connectivity index (χ1v) is 4.54. The zero-order valence-electron chi connectivity index (χ0n) is 7.52. The van der Waals surface area contributed by atoms with Gasteiger partial charge in [-0.1, -0.05) is 12.5 Å². The summed E-state index contributed by atoms with van der Waals surface area (Å²) >= 11 is 0. The van der Waals surface area contributed by atoms with Gasteiger partial charge in [0.1, 0.15) is 0 Å². The third-order valence-corrected chi connectivity index (χ3v) is 2.69. The number of hydrogen-bond acceptors (Lipinski definition) is 2. The van der Waals surface area contributed by atoms with Crippen LogP contribution in [-0.4, -0.2) is 4.98 Å². The average molecular weight is 199 g/mol. The van der Waals surface area contributed by atoms with Crippen LogP contribution in [0.15, 0.2) is 24.4 Å². The first kappa shape index (κ1) is 10.5. The minimum atomic E-state index is 0. The fourth-order valence-electron chi connectivity index (χ4n) is 1.61. The van der Waals surface area contributed by atoms with Gasteiger partial charge in [-0.3, -0.25) is 4.98 Å². The lowest BCUT2D eigenvalue weighted by atomic mass is 9.79. The van der Waals surface area contributed by atoms with Gasteiger partial charge in [0.2, 0.25) is 0 Å². The number of rotatable bonds is 2. The number of nitrogens with two attached hydrogens (primary N) is 1. The minimum Gasteiger partial charge on any atom is -0.322 e. The Balaban J connectivity index is 0.000000845. The van der Waals surface area contributed by atoms with Gasteiger partial charge in [-0.15, -0.1) is 12.4 Å². The van der Waals surface area contributed by atoms with Crippen molar-refractivity contribution < 1.29 is 0 Å². The summed E-state index contributed by atoms with van der Waals surface area (Å²) in [5, 5.41) is 0. The Morgan fingerprint density at radius 3 is 2.62 bits per heavy atom. The molecule has 1 aliphatic carbocycles. The topological polar surface area (TPSA) is 38.9 Å². The normalized spacial score (nSPS) is 18.5. The van der Waals surface area contributed by atoms with Gasteiger partial charge in [0.25, 0.3) is 0 Å². The molecular weight excluding hydrogens is 184 g/mol. The molecule has 3 heteroatoms. The smallest absolute Gasteiger partial charge is 0.0573 e. The Labute approximate surface area is 85.0 Å². The molecule has 1 saturated carbocycles. The number of nitrogens with zero attached hydrogens (tertiary/aromatic N) is 1. The summed E-state index contributed by atoms with van der Waals surface area (Å²) in [4.78, 5) is 4.26. The predicted molar refractivity (Wildman–Crippen MR) is 55.8 cm³/mol. The molecule has 1 aliphatic rings. The number of aromatic nitrogens is 1. The van der Waals surface area contributed by atoms with E-state index in [1.54, 1.807) is 0 Å². The van der Waals surface area contributed by atoms with E-state index in [-0.39, 0.29) is 18.4 Å². The lowest BCUT2D eigenvalue weighted by molar-refractivity contribution is 0.261. The summed E-state index contributed by atoms with van der Waals surface area (Å²) < 4.78 is 0. The van der Waals surface area contributed by atoms with Gasteiger partial charge in [-0.05, 0) is 30.9 Å². The molecule has 0 amide bonds. The van der Waals surface area contributed by atoms with Crippen LogP contribution in [0.5, 0.6) is 0 Å². The number of hydrogen-bond donors (Lipinski definition) is 1. The van der Waals surface area contributed by atoms with E-state index in [2.05, 4.69) is 4.98 Å². The lowest BCUT2D eigenvalue weighted by Crippen LogP contribution is -2.27. The molecule has 1 heterocycles. The van der Waals surface area contributed by atoms with Crippen molar-refractivity contribution in [3.8, 4) is 0 Å². The highest BCUT2D eigenvalue weighted by molar-refractivity contribution is 5.85. The Bertz CT molecular complexity index is 246. The monoisotopic (exact) mass is 198 g/mol. The van der Waals surface area contributed by atoms with Crippen molar-refractivity contribution in [1.29, 1.82) is 0 Å². The van der Waals surface area contributed by atoms with Crippen LogP contribution in [0, 0.1) is 5.92 Å². The van der Waals surface area contributed by atoms with Crippen LogP contribution in [0.1, 0.15) is 31.0 Å². The van der Waals surface area contributed by atoms with E-state index in [4.69, 9.17) is 5.73 Å². The maximum absolute atomic E-state index is 6.04. The second-order valence-corrected chi connectivity index (χ2v) is 3.47. The SMILES string of the molecule is Cl.N[C@H](c1ccccn1)C1CCC1. The van der Waals surface area contributed by atoms with E-state index in [1.165, 1.54) is 19.3 Å². The van der Waals surface area contributed by atoms with Crippen molar-refractivity contribution in [2.75, 3.05) is 0 Å². The van der Waals surface area contributed by atoms with Crippen molar-refractivity contribution in [1.82, 2.24) is 4.98 Å². The maximum Gasteiger partial charge on any atom is 0.0573 e. The van der Waals surface area contributed by atoms with Crippen LogP contribution in [0.25, 0.3) is 0 Å². The molecule has 0 unspecified atom stereocenters. The third kappa shape index (κ3) is 2.20. The standard InChI is InChI=1S/C10H14N2.ClH/c11-10(8-4-3-5-8)9-6-1-2-7-12-9;/h1-2,6-8,10H,3-5,11H2;1H/t10-;/m0./s1. The predicted octanol–water partition coefficient (Wildman–Crippen LogP) is 2.30. The molecule has 72 valence electrons. The van der Waals surface area contributed by atoms with E-state index in [0.717, 1.165) is 5.69 Å². The molecule has 2 rings (SSSR count). The molecule has 1 atom stereocenters. The van der Waals surface area contributed by atoms with Crippen LogP contribution in [0.2, 0.25) is 0 Å². The summed E-state index contributed by atoms with van der Waals surface area (Å²) in [5.74, 6) is 0.680. The molecule has 1 aromatic rings. The fraction of sp³-hybridized carbons (Fsp3) is 0.500. The largest absolute Gasteiger partial charge is 0.322 e. The first-order chi connectivity index (χ1) is 5.88. The lowest BCUT2D eigenvalue weighted by Gasteiger charge is -2.30. The molecule has 1 aromatic heterocycles. The molecule has 2 nitrogen and oxygen atoms in total. The highest BCUT2D eigenvalue weighted by atomic mass is 35.5. The van der Waals surface area contributed by atoms with Crippen molar-refractivity contribution in [2.24, 2.45) is 11.7 Å². The van der Waals surface area contributed by atoms with E-state index in [9.17, 15) is 0 Å². The van der Waals surface area contributed by atoms with Crippen molar-refractivity contribution in [3.63, 3.8) is 0 Å². The number of pyridine rings is 1. The highest BCUT2D eigenvalue weighted by Gasteiger charge is 2.25. The van der Waals surface area contributed by atoms with Gasteiger partial charge in [0.05, 0.1) is 5.69 Å². The van der Waals surface area contributed by atoms with Crippen molar-refractivity contribution in [2.45, 2.75) is 25.3 Å². The zero-order chi connectivity index (χ0) is 8.39. The Morgan fingerprint density at radius 2 is 2.15 bits per heavy atom. The summed E-state index contributed by atoms with van der Waals surface area (Å²) in [6, 6.07) is 6.11. The van der Waals surface area contributed by atoms with Gasteiger partial charge >= 0.3 is 0 Å². The molecule has 0 radical (unpaired) electrons. The average Bonchev–Trinajstić information content (AvgIpc) is 2.03. The highest BCUT2D eigenvalue weighted by Crippen LogP contribution is 2.35. The summed E-state index contributed by atoms with van der Waals surface area (Å²) in [6.45, 7) is 0. The Hall–Kier alpha value is -0.600. The summed E-state index contributed by atoms with van der Waals surface area (Å²) in [5.41, 5.74) is 7.08. The first-order valence-electron chi connectivity index (χ1n) is 4.54.